The number of benzene rings is 1. The number of aromatic nitrogens is 1. The van der Waals surface area contributed by atoms with E-state index >= 15 is 0 Å². The van der Waals surface area contributed by atoms with E-state index in [2.05, 4.69) is 49.0 Å². The molecule has 0 saturated carbocycles. The number of aliphatic imine (C=N–C) groups is 1. The molecule has 1 aromatic heterocycles. The Labute approximate surface area is 154 Å². The Bertz CT molecular complexity index is 1010. The van der Waals surface area contributed by atoms with Gasteiger partial charge in [0.15, 0.2) is 0 Å². The Balaban J connectivity index is 2.06. The van der Waals surface area contributed by atoms with Gasteiger partial charge in [0.05, 0.1) is 5.54 Å². The summed E-state index contributed by atoms with van der Waals surface area (Å²) in [5, 5.41) is 5.07. The molecule has 0 saturated heterocycles. The standard InChI is InChI=1S/C22H25N3O/c1-5-6-7-18(23-4)10-8-16-9-11-20-17(12-16)13-19-14-24-15-22(2,3)25(19)21(20)26/h6-7,9,11-13,24H,5,14-15H2,1-4H3/b7-6-,23-18?. The average Bonchev–Trinajstić information content (AvgIpc) is 2.61. The SMILES string of the molecule is CC/C=C\C(C#Cc1ccc2c(=O)n3c(cc2c1)CNCC3(C)C)=NC. The van der Waals surface area contributed by atoms with Crippen molar-refractivity contribution in [1.29, 1.82) is 0 Å². The van der Waals surface area contributed by atoms with Gasteiger partial charge in [-0.3, -0.25) is 9.79 Å². The number of hydrogen-bond acceptors (Lipinski definition) is 3. The molecule has 0 atom stereocenters. The molecule has 0 fully saturated rings. The van der Waals surface area contributed by atoms with Crippen LogP contribution in [0.15, 0.2) is 46.2 Å². The first kappa shape index (κ1) is 18.2. The molecule has 0 radical (unpaired) electrons. The summed E-state index contributed by atoms with van der Waals surface area (Å²) in [6.07, 6.45) is 4.93. The minimum absolute atomic E-state index is 0.0743. The first-order chi connectivity index (χ1) is 12.5. The topological polar surface area (TPSA) is 46.4 Å². The van der Waals surface area contributed by atoms with Crippen molar-refractivity contribution in [2.45, 2.75) is 39.3 Å². The van der Waals surface area contributed by atoms with Gasteiger partial charge < -0.3 is 9.88 Å². The molecule has 3 rings (SSSR count). The van der Waals surface area contributed by atoms with Gasteiger partial charge >= 0.3 is 0 Å². The number of nitrogens with zero attached hydrogens (tertiary/aromatic N) is 2. The van der Waals surface area contributed by atoms with E-state index in [4.69, 9.17) is 0 Å². The maximum atomic E-state index is 13.0. The third-order valence-corrected chi connectivity index (χ3v) is 4.65. The molecule has 2 heterocycles. The molecule has 1 aliphatic heterocycles. The van der Waals surface area contributed by atoms with E-state index in [1.54, 1.807) is 7.05 Å². The highest BCUT2D eigenvalue weighted by Gasteiger charge is 2.28. The van der Waals surface area contributed by atoms with Crippen LogP contribution < -0.4 is 10.9 Å². The van der Waals surface area contributed by atoms with E-state index in [-0.39, 0.29) is 11.1 Å². The highest BCUT2D eigenvalue weighted by molar-refractivity contribution is 6.09. The summed E-state index contributed by atoms with van der Waals surface area (Å²) in [7, 11) is 1.74. The molecule has 0 aliphatic carbocycles. The van der Waals surface area contributed by atoms with Crippen LogP contribution in [0.2, 0.25) is 0 Å². The third-order valence-electron chi connectivity index (χ3n) is 4.65. The molecule has 4 heteroatoms. The van der Waals surface area contributed by atoms with Crippen molar-refractivity contribution in [1.82, 2.24) is 9.88 Å². The first-order valence-electron chi connectivity index (χ1n) is 9.01. The lowest BCUT2D eigenvalue weighted by Gasteiger charge is -2.35. The van der Waals surface area contributed by atoms with Crippen molar-refractivity contribution in [2.24, 2.45) is 4.99 Å². The summed E-state index contributed by atoms with van der Waals surface area (Å²) in [5.74, 6) is 6.25. The summed E-state index contributed by atoms with van der Waals surface area (Å²) in [6, 6.07) is 7.89. The second kappa shape index (κ2) is 7.31. The number of fused-ring (bicyclic) bond motifs is 2. The second-order valence-corrected chi connectivity index (χ2v) is 7.16. The Morgan fingerprint density at radius 2 is 2.19 bits per heavy atom. The minimum Gasteiger partial charge on any atom is -0.309 e. The molecular formula is C22H25N3O. The molecule has 1 aromatic carbocycles. The lowest BCUT2D eigenvalue weighted by molar-refractivity contribution is 0.280. The molecule has 1 N–H and O–H groups in total. The van der Waals surface area contributed by atoms with E-state index in [0.29, 0.717) is 6.54 Å². The lowest BCUT2D eigenvalue weighted by Crippen LogP contribution is -2.49. The van der Waals surface area contributed by atoms with Crippen LogP contribution in [0, 0.1) is 11.8 Å². The minimum atomic E-state index is -0.227. The zero-order valence-electron chi connectivity index (χ0n) is 15.9. The van der Waals surface area contributed by atoms with Crippen LogP contribution in [0.25, 0.3) is 10.8 Å². The van der Waals surface area contributed by atoms with Crippen LogP contribution in [0.4, 0.5) is 0 Å². The number of allylic oxidation sites excluding steroid dienone is 2. The first-order valence-corrected chi connectivity index (χ1v) is 9.01. The van der Waals surface area contributed by atoms with Gasteiger partial charge in [-0.1, -0.05) is 18.9 Å². The fourth-order valence-electron chi connectivity index (χ4n) is 3.36. The van der Waals surface area contributed by atoms with Crippen LogP contribution >= 0.6 is 0 Å². The number of rotatable bonds is 2. The zero-order valence-corrected chi connectivity index (χ0v) is 15.9. The number of nitrogens with one attached hydrogen (secondary N) is 1. The molecule has 2 aromatic rings. The van der Waals surface area contributed by atoms with Gasteiger partial charge in [-0.25, -0.2) is 0 Å². The zero-order chi connectivity index (χ0) is 18.7. The predicted molar refractivity (Wildman–Crippen MR) is 109 cm³/mol. The van der Waals surface area contributed by atoms with Gasteiger partial charge in [-0.15, -0.1) is 0 Å². The Hall–Kier alpha value is -2.64. The van der Waals surface area contributed by atoms with E-state index in [1.165, 1.54) is 0 Å². The van der Waals surface area contributed by atoms with Crippen LogP contribution in [-0.2, 0) is 12.1 Å². The number of hydrogen-bond donors (Lipinski definition) is 1. The van der Waals surface area contributed by atoms with Crippen molar-refractivity contribution in [3.8, 4) is 11.8 Å². The number of pyridine rings is 1. The second-order valence-electron chi connectivity index (χ2n) is 7.16. The van der Waals surface area contributed by atoms with E-state index in [0.717, 1.165) is 40.7 Å². The van der Waals surface area contributed by atoms with Crippen LogP contribution in [0.1, 0.15) is 38.4 Å². The van der Waals surface area contributed by atoms with Crippen molar-refractivity contribution < 1.29 is 0 Å². The summed E-state index contributed by atoms with van der Waals surface area (Å²) in [6.45, 7) is 7.75. The van der Waals surface area contributed by atoms with Gasteiger partial charge in [0.1, 0.15) is 5.71 Å². The van der Waals surface area contributed by atoms with Crippen LogP contribution in [0.5, 0.6) is 0 Å². The van der Waals surface area contributed by atoms with Crippen LogP contribution in [0.3, 0.4) is 0 Å². The Kier molecular flexibility index (Phi) is 5.11. The molecular weight excluding hydrogens is 322 g/mol. The lowest BCUT2D eigenvalue weighted by atomic mass is 9.99. The smallest absolute Gasteiger partial charge is 0.259 e. The van der Waals surface area contributed by atoms with Gasteiger partial charge in [-0.05, 0) is 61.9 Å². The molecule has 134 valence electrons. The van der Waals surface area contributed by atoms with Gasteiger partial charge in [0.2, 0.25) is 0 Å². The molecule has 0 amide bonds. The van der Waals surface area contributed by atoms with Gasteiger partial charge in [0, 0.05) is 36.8 Å². The molecule has 0 bridgehead atoms. The monoisotopic (exact) mass is 347 g/mol. The fraction of sp³-hybridized carbons (Fsp3) is 0.364. The normalized spacial score (nSPS) is 16.4. The summed E-state index contributed by atoms with van der Waals surface area (Å²) in [5.41, 5.74) is 2.50. The van der Waals surface area contributed by atoms with E-state index in [9.17, 15) is 4.79 Å². The summed E-state index contributed by atoms with van der Waals surface area (Å²) < 4.78 is 1.93. The van der Waals surface area contributed by atoms with Crippen molar-refractivity contribution >= 4 is 16.5 Å². The maximum absolute atomic E-state index is 13.0. The molecule has 1 aliphatic rings. The molecule has 0 unspecified atom stereocenters. The Morgan fingerprint density at radius 3 is 2.92 bits per heavy atom. The largest absolute Gasteiger partial charge is 0.309 e. The molecule has 4 nitrogen and oxygen atoms in total. The fourth-order valence-corrected chi connectivity index (χ4v) is 3.36. The van der Waals surface area contributed by atoms with E-state index < -0.39 is 0 Å². The van der Waals surface area contributed by atoms with Crippen molar-refractivity contribution in [3.63, 3.8) is 0 Å². The van der Waals surface area contributed by atoms with Gasteiger partial charge in [0.25, 0.3) is 5.56 Å². The van der Waals surface area contributed by atoms with Gasteiger partial charge in [-0.2, -0.15) is 0 Å². The Morgan fingerprint density at radius 1 is 1.38 bits per heavy atom. The molecule has 0 spiro atoms. The summed E-state index contributed by atoms with van der Waals surface area (Å²) >= 11 is 0. The maximum Gasteiger partial charge on any atom is 0.259 e. The van der Waals surface area contributed by atoms with Crippen molar-refractivity contribution in [2.75, 3.05) is 13.6 Å². The average molecular weight is 347 g/mol. The predicted octanol–water partition coefficient (Wildman–Crippen LogP) is 3.23. The van der Waals surface area contributed by atoms with E-state index in [1.807, 2.05) is 34.9 Å². The third kappa shape index (κ3) is 3.49. The summed E-state index contributed by atoms with van der Waals surface area (Å²) in [4.78, 5) is 17.2. The highest BCUT2D eigenvalue weighted by atomic mass is 16.1. The molecule has 26 heavy (non-hydrogen) atoms. The van der Waals surface area contributed by atoms with Crippen molar-refractivity contribution in [3.05, 3.63) is 58.0 Å². The quantitative estimate of drug-likeness (QED) is 0.670. The highest BCUT2D eigenvalue weighted by Crippen LogP contribution is 2.23. The van der Waals surface area contributed by atoms with Crippen LogP contribution in [-0.4, -0.2) is 23.9 Å².